The normalized spacial score (nSPS) is 13.0. The highest BCUT2D eigenvalue weighted by Gasteiger charge is 2.05. The van der Waals surface area contributed by atoms with E-state index in [1.807, 2.05) is 13.0 Å². The zero-order valence-electron chi connectivity index (χ0n) is 6.21. The second kappa shape index (κ2) is 3.24. The second-order valence-electron chi connectivity index (χ2n) is 2.49. The first-order valence-electron chi connectivity index (χ1n) is 3.35. The van der Waals surface area contributed by atoms with Crippen LogP contribution in [0.4, 0.5) is 0 Å². The van der Waals surface area contributed by atoms with Crippen molar-refractivity contribution in [3.05, 3.63) is 28.2 Å². The molecule has 0 aliphatic rings. The predicted octanol–water partition coefficient (Wildman–Crippen LogP) is 2.17. The van der Waals surface area contributed by atoms with Crippen LogP contribution in [0, 0.1) is 0 Å². The van der Waals surface area contributed by atoms with Crippen molar-refractivity contribution >= 4 is 15.9 Å². The van der Waals surface area contributed by atoms with Gasteiger partial charge in [0.1, 0.15) is 5.75 Å². The SMILES string of the molecule is C[C@H](N)c1cc(Br)ccc1O. The maximum absolute atomic E-state index is 9.30. The summed E-state index contributed by atoms with van der Waals surface area (Å²) in [5.41, 5.74) is 6.37. The lowest BCUT2D eigenvalue weighted by Crippen LogP contribution is -2.04. The van der Waals surface area contributed by atoms with Crippen LogP contribution in [-0.2, 0) is 0 Å². The van der Waals surface area contributed by atoms with Gasteiger partial charge in [-0.2, -0.15) is 0 Å². The Morgan fingerprint density at radius 1 is 1.55 bits per heavy atom. The third-order valence-electron chi connectivity index (χ3n) is 1.48. The summed E-state index contributed by atoms with van der Waals surface area (Å²) in [6.45, 7) is 1.83. The molecule has 0 aliphatic carbocycles. The molecular weight excluding hydrogens is 206 g/mol. The molecule has 1 aromatic rings. The van der Waals surface area contributed by atoms with Gasteiger partial charge in [0, 0.05) is 16.1 Å². The van der Waals surface area contributed by atoms with Crippen LogP contribution >= 0.6 is 15.9 Å². The number of benzene rings is 1. The minimum absolute atomic E-state index is 0.132. The van der Waals surface area contributed by atoms with E-state index in [-0.39, 0.29) is 11.8 Å². The summed E-state index contributed by atoms with van der Waals surface area (Å²) in [4.78, 5) is 0. The fraction of sp³-hybridized carbons (Fsp3) is 0.250. The van der Waals surface area contributed by atoms with E-state index >= 15 is 0 Å². The standard InChI is InChI=1S/C8H10BrNO/c1-5(10)7-4-6(9)2-3-8(7)11/h2-5,11H,10H2,1H3/t5-/m0/s1. The second-order valence-corrected chi connectivity index (χ2v) is 3.41. The van der Waals surface area contributed by atoms with Crippen molar-refractivity contribution in [3.8, 4) is 5.75 Å². The van der Waals surface area contributed by atoms with Gasteiger partial charge < -0.3 is 10.8 Å². The molecule has 0 saturated carbocycles. The van der Waals surface area contributed by atoms with Crippen LogP contribution < -0.4 is 5.73 Å². The van der Waals surface area contributed by atoms with Gasteiger partial charge in [-0.15, -0.1) is 0 Å². The van der Waals surface area contributed by atoms with E-state index in [1.165, 1.54) is 0 Å². The summed E-state index contributed by atoms with van der Waals surface area (Å²) in [6.07, 6.45) is 0. The van der Waals surface area contributed by atoms with Crippen molar-refractivity contribution in [1.82, 2.24) is 0 Å². The minimum atomic E-state index is -0.132. The molecule has 0 bridgehead atoms. The number of phenols is 1. The third-order valence-corrected chi connectivity index (χ3v) is 1.97. The van der Waals surface area contributed by atoms with E-state index in [0.29, 0.717) is 0 Å². The fourth-order valence-electron chi connectivity index (χ4n) is 0.890. The Hall–Kier alpha value is -0.540. The number of rotatable bonds is 1. The lowest BCUT2D eigenvalue weighted by atomic mass is 10.1. The van der Waals surface area contributed by atoms with Gasteiger partial charge >= 0.3 is 0 Å². The topological polar surface area (TPSA) is 46.2 Å². The highest BCUT2D eigenvalue weighted by Crippen LogP contribution is 2.25. The third kappa shape index (κ3) is 1.94. The Balaban J connectivity index is 3.13. The molecule has 0 amide bonds. The lowest BCUT2D eigenvalue weighted by molar-refractivity contribution is 0.463. The molecule has 3 heteroatoms. The Bertz CT molecular complexity index is 260. The number of phenolic OH excluding ortho intramolecular Hbond substituents is 1. The van der Waals surface area contributed by atoms with Gasteiger partial charge in [0.25, 0.3) is 0 Å². The van der Waals surface area contributed by atoms with Crippen LogP contribution in [0.5, 0.6) is 5.75 Å². The minimum Gasteiger partial charge on any atom is -0.508 e. The van der Waals surface area contributed by atoms with Crippen LogP contribution in [0.25, 0.3) is 0 Å². The van der Waals surface area contributed by atoms with Crippen molar-refractivity contribution in [2.45, 2.75) is 13.0 Å². The zero-order chi connectivity index (χ0) is 8.43. The number of hydrogen-bond acceptors (Lipinski definition) is 2. The number of aromatic hydroxyl groups is 1. The lowest BCUT2D eigenvalue weighted by Gasteiger charge is -2.07. The Morgan fingerprint density at radius 2 is 2.18 bits per heavy atom. The van der Waals surface area contributed by atoms with E-state index in [4.69, 9.17) is 5.73 Å². The Morgan fingerprint density at radius 3 is 2.64 bits per heavy atom. The first kappa shape index (κ1) is 8.56. The molecule has 0 radical (unpaired) electrons. The largest absolute Gasteiger partial charge is 0.508 e. The molecule has 1 atom stereocenters. The molecule has 2 nitrogen and oxygen atoms in total. The molecule has 0 saturated heterocycles. The van der Waals surface area contributed by atoms with Crippen LogP contribution in [0.3, 0.4) is 0 Å². The molecule has 0 aliphatic heterocycles. The van der Waals surface area contributed by atoms with Gasteiger partial charge in [0.2, 0.25) is 0 Å². The highest BCUT2D eigenvalue weighted by molar-refractivity contribution is 9.10. The summed E-state index contributed by atoms with van der Waals surface area (Å²) >= 11 is 3.30. The van der Waals surface area contributed by atoms with E-state index in [0.717, 1.165) is 10.0 Å². The van der Waals surface area contributed by atoms with Crippen LogP contribution in [-0.4, -0.2) is 5.11 Å². The van der Waals surface area contributed by atoms with E-state index in [2.05, 4.69) is 15.9 Å². The molecule has 1 rings (SSSR count). The van der Waals surface area contributed by atoms with Crippen molar-refractivity contribution < 1.29 is 5.11 Å². The molecule has 60 valence electrons. The molecule has 1 aromatic carbocycles. The van der Waals surface area contributed by atoms with Crippen molar-refractivity contribution in [3.63, 3.8) is 0 Å². The van der Waals surface area contributed by atoms with Gasteiger partial charge in [0.15, 0.2) is 0 Å². The number of halogens is 1. The molecule has 0 aromatic heterocycles. The van der Waals surface area contributed by atoms with E-state index < -0.39 is 0 Å². The maximum atomic E-state index is 9.30. The molecule has 0 fully saturated rings. The average Bonchev–Trinajstić information content (AvgIpc) is 1.94. The molecule has 0 unspecified atom stereocenters. The number of nitrogens with two attached hydrogens (primary N) is 1. The summed E-state index contributed by atoms with van der Waals surface area (Å²) in [5, 5.41) is 9.30. The Labute approximate surface area is 74.2 Å². The Kier molecular flexibility index (Phi) is 2.52. The molecule has 0 heterocycles. The molecule has 3 N–H and O–H groups in total. The van der Waals surface area contributed by atoms with Crippen molar-refractivity contribution in [1.29, 1.82) is 0 Å². The molecule has 0 spiro atoms. The van der Waals surface area contributed by atoms with Crippen LogP contribution in [0.15, 0.2) is 22.7 Å². The molecular formula is C8H10BrNO. The smallest absolute Gasteiger partial charge is 0.120 e. The maximum Gasteiger partial charge on any atom is 0.120 e. The van der Waals surface area contributed by atoms with Crippen LogP contribution in [0.2, 0.25) is 0 Å². The monoisotopic (exact) mass is 215 g/mol. The summed E-state index contributed by atoms with van der Waals surface area (Å²) < 4.78 is 0.933. The first-order valence-corrected chi connectivity index (χ1v) is 4.14. The van der Waals surface area contributed by atoms with Crippen molar-refractivity contribution in [2.75, 3.05) is 0 Å². The van der Waals surface area contributed by atoms with E-state index in [1.54, 1.807) is 12.1 Å². The average molecular weight is 216 g/mol. The zero-order valence-corrected chi connectivity index (χ0v) is 7.80. The summed E-state index contributed by atoms with van der Waals surface area (Å²) in [7, 11) is 0. The number of hydrogen-bond donors (Lipinski definition) is 2. The molecule has 11 heavy (non-hydrogen) atoms. The first-order chi connectivity index (χ1) is 5.11. The van der Waals surface area contributed by atoms with Gasteiger partial charge in [-0.05, 0) is 25.1 Å². The highest BCUT2D eigenvalue weighted by atomic mass is 79.9. The van der Waals surface area contributed by atoms with Crippen molar-refractivity contribution in [2.24, 2.45) is 5.73 Å². The van der Waals surface area contributed by atoms with Gasteiger partial charge in [0.05, 0.1) is 0 Å². The summed E-state index contributed by atoms with van der Waals surface area (Å²) in [5.74, 6) is 0.253. The van der Waals surface area contributed by atoms with E-state index in [9.17, 15) is 5.11 Å². The van der Waals surface area contributed by atoms with Crippen LogP contribution in [0.1, 0.15) is 18.5 Å². The fourth-order valence-corrected chi connectivity index (χ4v) is 1.27. The van der Waals surface area contributed by atoms with Gasteiger partial charge in [-0.3, -0.25) is 0 Å². The predicted molar refractivity (Wildman–Crippen MR) is 48.4 cm³/mol. The van der Waals surface area contributed by atoms with Gasteiger partial charge in [-0.1, -0.05) is 15.9 Å². The van der Waals surface area contributed by atoms with Gasteiger partial charge in [-0.25, -0.2) is 0 Å². The summed E-state index contributed by atoms with van der Waals surface area (Å²) in [6, 6.07) is 5.09. The quantitative estimate of drug-likeness (QED) is 0.755.